The van der Waals surface area contributed by atoms with Gasteiger partial charge in [0.05, 0.1) is 4.88 Å². The summed E-state index contributed by atoms with van der Waals surface area (Å²) in [6.45, 7) is 2.21. The van der Waals surface area contributed by atoms with Gasteiger partial charge in [0, 0.05) is 49.4 Å². The Morgan fingerprint density at radius 2 is 1.29 bits per heavy atom. The van der Waals surface area contributed by atoms with E-state index in [1.165, 1.54) is 27.8 Å². The minimum atomic E-state index is -1.26. The van der Waals surface area contributed by atoms with Crippen LogP contribution in [0.2, 0.25) is 0 Å². The van der Waals surface area contributed by atoms with Crippen LogP contribution in [0.15, 0.2) is 65.6 Å². The second kappa shape index (κ2) is 14.4. The van der Waals surface area contributed by atoms with E-state index in [-0.39, 0.29) is 5.78 Å². The summed E-state index contributed by atoms with van der Waals surface area (Å²) < 4.78 is 0. The summed E-state index contributed by atoms with van der Waals surface area (Å²) in [4.78, 5) is 54.1. The van der Waals surface area contributed by atoms with Crippen LogP contribution >= 0.6 is 11.3 Å². The molecule has 0 atom stereocenters. The average molecular weight is 542 g/mol. The Morgan fingerprint density at radius 1 is 0.789 bits per heavy atom. The van der Waals surface area contributed by atoms with E-state index in [9.17, 15) is 24.0 Å². The molecule has 1 aliphatic carbocycles. The van der Waals surface area contributed by atoms with Gasteiger partial charge in [0.1, 0.15) is 0 Å². The molecule has 0 unspecified atom stereocenters. The lowest BCUT2D eigenvalue weighted by Crippen LogP contribution is -2.27. The molecular formula is C27H27NO9S. The van der Waals surface area contributed by atoms with Gasteiger partial charge in [0.25, 0.3) is 0 Å². The molecule has 0 saturated carbocycles. The van der Waals surface area contributed by atoms with Crippen molar-refractivity contribution >= 4 is 46.6 Å². The highest BCUT2D eigenvalue weighted by atomic mass is 32.1. The quantitative estimate of drug-likeness (QED) is 0.421. The number of hydrogen-bond acceptors (Lipinski definition) is 7. The Labute approximate surface area is 222 Å². The predicted molar refractivity (Wildman–Crippen MR) is 140 cm³/mol. The van der Waals surface area contributed by atoms with Crippen LogP contribution in [0.1, 0.15) is 39.2 Å². The van der Waals surface area contributed by atoms with Crippen molar-refractivity contribution < 1.29 is 44.4 Å². The molecule has 1 aromatic heterocycles. The zero-order chi connectivity index (χ0) is 28.2. The van der Waals surface area contributed by atoms with E-state index in [4.69, 9.17) is 20.4 Å². The molecule has 1 aliphatic heterocycles. The van der Waals surface area contributed by atoms with Crippen LogP contribution in [-0.2, 0) is 25.6 Å². The maximum atomic E-state index is 12.6. The second-order valence-electron chi connectivity index (χ2n) is 8.22. The van der Waals surface area contributed by atoms with Gasteiger partial charge < -0.3 is 25.3 Å². The van der Waals surface area contributed by atoms with Crippen molar-refractivity contribution in [2.24, 2.45) is 0 Å². The number of aliphatic carboxylic acids is 4. The SMILES string of the molecule is CN1CCC(=C2c3ccccc3CC(=O)c3sccc32)CC1.O=C(O)/C=C/C(=O)O.O=C(O)/C=C/C(=O)O. The third-order valence-corrected chi connectivity index (χ3v) is 6.46. The minimum Gasteiger partial charge on any atom is -0.478 e. The second-order valence-corrected chi connectivity index (χ2v) is 9.14. The van der Waals surface area contributed by atoms with E-state index in [2.05, 4.69) is 41.6 Å². The highest BCUT2D eigenvalue weighted by molar-refractivity contribution is 7.12. The molecule has 0 radical (unpaired) electrons. The number of hydrogen-bond donors (Lipinski definition) is 4. The molecule has 2 aliphatic rings. The Balaban J connectivity index is 0.000000264. The summed E-state index contributed by atoms with van der Waals surface area (Å²) in [6.07, 6.45) is 4.96. The van der Waals surface area contributed by atoms with Crippen molar-refractivity contribution in [2.45, 2.75) is 19.3 Å². The van der Waals surface area contributed by atoms with E-state index in [1.807, 2.05) is 6.07 Å². The number of nitrogens with zero attached hydrogens (tertiary/aromatic N) is 1. The van der Waals surface area contributed by atoms with Crippen molar-refractivity contribution in [1.82, 2.24) is 4.90 Å². The molecule has 38 heavy (non-hydrogen) atoms. The number of carboxylic acids is 4. The summed E-state index contributed by atoms with van der Waals surface area (Å²) >= 11 is 1.59. The number of carboxylic acid groups (broad SMARTS) is 4. The van der Waals surface area contributed by atoms with Crippen LogP contribution in [0.3, 0.4) is 0 Å². The van der Waals surface area contributed by atoms with E-state index in [0.717, 1.165) is 30.8 Å². The van der Waals surface area contributed by atoms with Crippen LogP contribution in [0.25, 0.3) is 5.57 Å². The van der Waals surface area contributed by atoms with Crippen LogP contribution in [-0.4, -0.2) is 75.1 Å². The van der Waals surface area contributed by atoms with Gasteiger partial charge in [0.15, 0.2) is 5.78 Å². The lowest BCUT2D eigenvalue weighted by atomic mass is 9.88. The third kappa shape index (κ3) is 9.26. The van der Waals surface area contributed by atoms with Crippen LogP contribution in [0.5, 0.6) is 0 Å². The first-order valence-corrected chi connectivity index (χ1v) is 12.2. The van der Waals surface area contributed by atoms with Gasteiger partial charge in [-0.25, -0.2) is 19.2 Å². The van der Waals surface area contributed by atoms with Gasteiger partial charge in [-0.3, -0.25) is 4.79 Å². The van der Waals surface area contributed by atoms with Gasteiger partial charge in [-0.05, 0) is 48.0 Å². The molecule has 2 heterocycles. The molecule has 11 heteroatoms. The van der Waals surface area contributed by atoms with Crippen molar-refractivity contribution in [1.29, 1.82) is 0 Å². The molecule has 4 N–H and O–H groups in total. The van der Waals surface area contributed by atoms with E-state index in [0.29, 0.717) is 30.7 Å². The van der Waals surface area contributed by atoms with Gasteiger partial charge in [-0.1, -0.05) is 29.8 Å². The Morgan fingerprint density at radius 3 is 1.79 bits per heavy atom. The molecule has 200 valence electrons. The zero-order valence-electron chi connectivity index (χ0n) is 20.5. The first kappa shape index (κ1) is 29.9. The lowest BCUT2D eigenvalue weighted by molar-refractivity contribution is -0.134. The van der Waals surface area contributed by atoms with Crippen molar-refractivity contribution in [3.05, 3.63) is 87.2 Å². The van der Waals surface area contributed by atoms with Crippen LogP contribution in [0.4, 0.5) is 0 Å². The molecular weight excluding hydrogens is 514 g/mol. The fourth-order valence-corrected chi connectivity index (χ4v) is 4.68. The fraction of sp³-hybridized carbons (Fsp3) is 0.222. The summed E-state index contributed by atoms with van der Waals surface area (Å²) in [5.74, 6) is -4.76. The number of rotatable bonds is 4. The lowest BCUT2D eigenvalue weighted by Gasteiger charge is -2.27. The van der Waals surface area contributed by atoms with E-state index >= 15 is 0 Å². The number of carbonyl (C=O) groups is 5. The van der Waals surface area contributed by atoms with Crippen LogP contribution in [0, 0.1) is 0 Å². The highest BCUT2D eigenvalue weighted by Gasteiger charge is 2.27. The Bertz CT molecular complexity index is 1230. The maximum Gasteiger partial charge on any atom is 0.328 e. The third-order valence-electron chi connectivity index (χ3n) is 5.51. The van der Waals surface area contributed by atoms with Crippen molar-refractivity contribution in [3.8, 4) is 0 Å². The predicted octanol–water partition coefficient (Wildman–Crippen LogP) is 3.44. The number of ketones is 1. The summed E-state index contributed by atoms with van der Waals surface area (Å²) in [5, 5.41) is 33.3. The van der Waals surface area contributed by atoms with Crippen molar-refractivity contribution in [2.75, 3.05) is 20.1 Å². The number of benzene rings is 1. The number of piperidine rings is 1. The van der Waals surface area contributed by atoms with Gasteiger partial charge in [-0.2, -0.15) is 0 Å². The standard InChI is InChI=1S/C19H19NOS.2C4H4O4/c1-20-9-6-13(7-10-20)18-15-5-3-2-4-14(15)12-17(21)19-16(18)8-11-22-19;2*5-3(6)1-2-4(7)8/h2-5,8,11H,6-7,9-10,12H2,1H3;2*1-2H,(H,5,6)(H,7,8)/b;2*2-1+. The van der Waals surface area contributed by atoms with E-state index in [1.54, 1.807) is 11.3 Å². The normalized spacial score (nSPS) is 14.9. The van der Waals surface area contributed by atoms with Gasteiger partial charge in [0.2, 0.25) is 0 Å². The summed E-state index contributed by atoms with van der Waals surface area (Å²) in [5.41, 5.74) is 6.47. The molecule has 1 saturated heterocycles. The molecule has 10 nitrogen and oxygen atoms in total. The molecule has 1 fully saturated rings. The zero-order valence-corrected chi connectivity index (χ0v) is 21.3. The topological polar surface area (TPSA) is 170 Å². The smallest absolute Gasteiger partial charge is 0.328 e. The van der Waals surface area contributed by atoms with E-state index < -0.39 is 23.9 Å². The Kier molecular flexibility index (Phi) is 11.3. The monoisotopic (exact) mass is 541 g/mol. The molecule has 0 bridgehead atoms. The fourth-order valence-electron chi connectivity index (χ4n) is 3.84. The average Bonchev–Trinajstić information content (AvgIpc) is 3.30. The van der Waals surface area contributed by atoms with Crippen LogP contribution < -0.4 is 0 Å². The van der Waals surface area contributed by atoms with Gasteiger partial charge in [-0.15, -0.1) is 11.3 Å². The number of fused-ring (bicyclic) bond motifs is 2. The molecule has 0 amide bonds. The van der Waals surface area contributed by atoms with Gasteiger partial charge >= 0.3 is 23.9 Å². The van der Waals surface area contributed by atoms with Crippen molar-refractivity contribution in [3.63, 3.8) is 0 Å². The summed E-state index contributed by atoms with van der Waals surface area (Å²) in [6, 6.07) is 10.6. The molecule has 2 aromatic rings. The number of likely N-dealkylation sites (tertiary alicyclic amines) is 1. The summed E-state index contributed by atoms with van der Waals surface area (Å²) in [7, 11) is 2.18. The maximum absolute atomic E-state index is 12.6. The number of thiophene rings is 1. The largest absolute Gasteiger partial charge is 0.478 e. The minimum absolute atomic E-state index is 0.265. The molecule has 4 rings (SSSR count). The molecule has 0 spiro atoms. The number of Topliss-reactive ketones (excluding diaryl/α,β-unsaturated/α-hetero) is 1. The Hall–Kier alpha value is -4.35. The molecule has 1 aromatic carbocycles. The highest BCUT2D eigenvalue weighted by Crippen LogP contribution is 2.40. The first-order chi connectivity index (χ1) is 18.0. The number of carbonyl (C=O) groups excluding carboxylic acids is 1. The first-order valence-electron chi connectivity index (χ1n) is 11.4.